The summed E-state index contributed by atoms with van der Waals surface area (Å²) in [6, 6.07) is 0. The number of thioether (sulfide) groups is 1. The molecule has 1 aliphatic rings. The van der Waals surface area contributed by atoms with Crippen molar-refractivity contribution in [2.24, 2.45) is 4.99 Å². The summed E-state index contributed by atoms with van der Waals surface area (Å²) in [7, 11) is 3.32. The fourth-order valence-electron chi connectivity index (χ4n) is 1.99. The minimum absolute atomic E-state index is 0. The smallest absolute Gasteiger partial charge is 0.239 e. The molecule has 0 saturated carbocycles. The third-order valence-corrected chi connectivity index (χ3v) is 4.74. The Kier molecular flexibility index (Phi) is 11.2. The molecule has 8 heteroatoms. The lowest BCUT2D eigenvalue weighted by Gasteiger charge is -2.24. The second-order valence-corrected chi connectivity index (χ2v) is 6.71. The van der Waals surface area contributed by atoms with Gasteiger partial charge < -0.3 is 20.7 Å². The Balaban J connectivity index is 0.00000400. The highest BCUT2D eigenvalue weighted by atomic mass is 127. The Morgan fingerprint density at radius 2 is 2.14 bits per heavy atom. The van der Waals surface area contributed by atoms with Gasteiger partial charge in [-0.25, -0.2) is 0 Å². The zero-order chi connectivity index (χ0) is 14.8. The molecular formula is C13H27IN4O2S. The molecule has 1 unspecified atom stereocenters. The summed E-state index contributed by atoms with van der Waals surface area (Å²) < 4.78 is 5.15. The van der Waals surface area contributed by atoms with Gasteiger partial charge in [-0.2, -0.15) is 11.8 Å². The van der Waals surface area contributed by atoms with Gasteiger partial charge in [-0.05, 0) is 25.5 Å². The maximum absolute atomic E-state index is 11.5. The quantitative estimate of drug-likeness (QED) is 0.241. The first-order chi connectivity index (χ1) is 9.59. The molecule has 1 amide bonds. The molecular weight excluding hydrogens is 403 g/mol. The molecule has 1 fully saturated rings. The molecule has 0 spiro atoms. The van der Waals surface area contributed by atoms with E-state index in [-0.39, 0.29) is 41.2 Å². The highest BCUT2D eigenvalue weighted by Gasteiger charge is 2.29. The molecule has 1 saturated heterocycles. The van der Waals surface area contributed by atoms with Crippen molar-refractivity contribution in [1.82, 2.24) is 16.0 Å². The Bertz CT molecular complexity index is 336. The topological polar surface area (TPSA) is 74.8 Å². The van der Waals surface area contributed by atoms with Crippen LogP contribution in [0, 0.1) is 0 Å². The van der Waals surface area contributed by atoms with Gasteiger partial charge in [0, 0.05) is 32.0 Å². The van der Waals surface area contributed by atoms with E-state index < -0.39 is 0 Å². The Hall–Kier alpha value is -0.220. The van der Waals surface area contributed by atoms with Crippen molar-refractivity contribution in [3.8, 4) is 0 Å². The third-order valence-electron chi connectivity index (χ3n) is 3.20. The summed E-state index contributed by atoms with van der Waals surface area (Å²) in [5, 5.41) is 9.06. The van der Waals surface area contributed by atoms with Crippen molar-refractivity contribution in [1.29, 1.82) is 0 Å². The van der Waals surface area contributed by atoms with Crippen LogP contribution in [0.4, 0.5) is 0 Å². The molecule has 1 rings (SSSR count). The van der Waals surface area contributed by atoms with Gasteiger partial charge in [-0.15, -0.1) is 24.0 Å². The maximum Gasteiger partial charge on any atom is 0.239 e. The first-order valence-corrected chi connectivity index (χ1v) is 7.92. The van der Waals surface area contributed by atoms with Crippen LogP contribution in [0.25, 0.3) is 0 Å². The van der Waals surface area contributed by atoms with Gasteiger partial charge in [0.25, 0.3) is 0 Å². The van der Waals surface area contributed by atoms with Crippen LogP contribution in [0.1, 0.15) is 19.8 Å². The lowest BCUT2D eigenvalue weighted by atomic mass is 10.1. The fraction of sp³-hybridized carbons (Fsp3) is 0.846. The molecule has 1 heterocycles. The number of guanidine groups is 1. The SMILES string of the molecule is CN=C(NCC(=O)NCCOC)NCC1(C)CCCS1.I. The molecule has 3 N–H and O–H groups in total. The molecule has 0 aliphatic carbocycles. The minimum Gasteiger partial charge on any atom is -0.383 e. The number of halogens is 1. The summed E-state index contributed by atoms with van der Waals surface area (Å²) >= 11 is 2.00. The molecule has 0 bridgehead atoms. The number of methoxy groups -OCH3 is 1. The Morgan fingerprint density at radius 3 is 2.71 bits per heavy atom. The molecule has 0 aromatic heterocycles. The van der Waals surface area contributed by atoms with E-state index in [1.54, 1.807) is 14.2 Å². The van der Waals surface area contributed by atoms with E-state index in [1.165, 1.54) is 18.6 Å². The number of hydrogen-bond donors (Lipinski definition) is 3. The number of nitrogens with zero attached hydrogens (tertiary/aromatic N) is 1. The number of amides is 1. The minimum atomic E-state index is -0.0635. The predicted molar refractivity (Wildman–Crippen MR) is 99.8 cm³/mol. The number of hydrogen-bond acceptors (Lipinski definition) is 4. The highest BCUT2D eigenvalue weighted by Crippen LogP contribution is 2.36. The van der Waals surface area contributed by atoms with Crippen molar-refractivity contribution in [2.75, 3.05) is 46.2 Å². The number of carbonyl (C=O) groups is 1. The van der Waals surface area contributed by atoms with E-state index in [2.05, 4.69) is 27.9 Å². The average Bonchev–Trinajstić information content (AvgIpc) is 2.86. The summed E-state index contributed by atoms with van der Waals surface area (Å²) in [5.74, 6) is 1.83. The standard InChI is InChI=1S/C13H26N4O2S.HI/c1-13(5-4-8-20-13)10-17-12(14-2)16-9-11(18)15-6-7-19-3;/h4-10H2,1-3H3,(H,15,18)(H2,14,16,17);1H. The first-order valence-electron chi connectivity index (χ1n) is 6.94. The molecule has 21 heavy (non-hydrogen) atoms. The van der Waals surface area contributed by atoms with Gasteiger partial charge in [0.05, 0.1) is 13.2 Å². The van der Waals surface area contributed by atoms with Crippen LogP contribution in [0.5, 0.6) is 0 Å². The zero-order valence-corrected chi connectivity index (χ0v) is 16.2. The van der Waals surface area contributed by atoms with Crippen molar-refractivity contribution in [3.05, 3.63) is 0 Å². The maximum atomic E-state index is 11.5. The Labute approximate surface area is 148 Å². The first kappa shape index (κ1) is 20.8. The number of aliphatic imine (C=N–C) groups is 1. The van der Waals surface area contributed by atoms with Gasteiger partial charge in [-0.3, -0.25) is 9.79 Å². The predicted octanol–water partition coefficient (Wildman–Crippen LogP) is 0.818. The molecule has 6 nitrogen and oxygen atoms in total. The van der Waals surface area contributed by atoms with Crippen LogP contribution in [-0.4, -0.2) is 62.8 Å². The summed E-state index contributed by atoms with van der Waals surface area (Å²) in [6.45, 7) is 4.39. The second kappa shape index (κ2) is 11.4. The van der Waals surface area contributed by atoms with Crippen molar-refractivity contribution in [3.63, 3.8) is 0 Å². The average molecular weight is 430 g/mol. The molecule has 0 aromatic rings. The van der Waals surface area contributed by atoms with Crippen LogP contribution in [0.15, 0.2) is 4.99 Å². The van der Waals surface area contributed by atoms with Crippen LogP contribution in [0.2, 0.25) is 0 Å². The Morgan fingerprint density at radius 1 is 1.38 bits per heavy atom. The van der Waals surface area contributed by atoms with Gasteiger partial charge >= 0.3 is 0 Å². The summed E-state index contributed by atoms with van der Waals surface area (Å²) in [4.78, 5) is 15.7. The van der Waals surface area contributed by atoms with E-state index in [9.17, 15) is 4.79 Å². The van der Waals surface area contributed by atoms with Gasteiger partial charge in [0.2, 0.25) is 5.91 Å². The van der Waals surface area contributed by atoms with E-state index in [0.717, 1.165) is 6.54 Å². The van der Waals surface area contributed by atoms with E-state index >= 15 is 0 Å². The van der Waals surface area contributed by atoms with Crippen LogP contribution in [0.3, 0.4) is 0 Å². The summed E-state index contributed by atoms with van der Waals surface area (Å²) in [5.41, 5.74) is 0. The summed E-state index contributed by atoms with van der Waals surface area (Å²) in [6.07, 6.45) is 2.50. The lowest BCUT2D eigenvalue weighted by Crippen LogP contribution is -2.47. The molecule has 0 aromatic carbocycles. The zero-order valence-electron chi connectivity index (χ0n) is 13.0. The van der Waals surface area contributed by atoms with Gasteiger partial charge in [-0.1, -0.05) is 0 Å². The van der Waals surface area contributed by atoms with E-state index in [4.69, 9.17) is 4.74 Å². The second-order valence-electron chi connectivity index (χ2n) is 5.02. The number of ether oxygens (including phenoxy) is 1. The lowest BCUT2D eigenvalue weighted by molar-refractivity contribution is -0.120. The third kappa shape index (κ3) is 8.72. The van der Waals surface area contributed by atoms with Gasteiger partial charge in [0.15, 0.2) is 5.96 Å². The monoisotopic (exact) mass is 430 g/mol. The number of carbonyl (C=O) groups excluding carboxylic acids is 1. The van der Waals surface area contributed by atoms with Crippen molar-refractivity contribution in [2.45, 2.75) is 24.5 Å². The largest absolute Gasteiger partial charge is 0.383 e. The fourth-order valence-corrected chi connectivity index (χ4v) is 3.23. The molecule has 1 aliphatic heterocycles. The highest BCUT2D eigenvalue weighted by molar-refractivity contribution is 14.0. The van der Waals surface area contributed by atoms with Crippen LogP contribution < -0.4 is 16.0 Å². The number of rotatable bonds is 7. The van der Waals surface area contributed by atoms with E-state index in [1.807, 2.05) is 11.8 Å². The van der Waals surface area contributed by atoms with E-state index in [0.29, 0.717) is 19.1 Å². The molecule has 1 atom stereocenters. The normalized spacial score (nSPS) is 21.6. The molecule has 0 radical (unpaired) electrons. The van der Waals surface area contributed by atoms with Crippen LogP contribution in [-0.2, 0) is 9.53 Å². The van der Waals surface area contributed by atoms with Gasteiger partial charge in [0.1, 0.15) is 0 Å². The van der Waals surface area contributed by atoms with Crippen LogP contribution >= 0.6 is 35.7 Å². The molecule has 124 valence electrons. The number of nitrogens with one attached hydrogen (secondary N) is 3. The van der Waals surface area contributed by atoms with Crippen molar-refractivity contribution < 1.29 is 9.53 Å². The van der Waals surface area contributed by atoms with Crippen molar-refractivity contribution >= 4 is 47.6 Å².